The van der Waals surface area contributed by atoms with Crippen molar-refractivity contribution in [2.75, 3.05) is 26.3 Å². The minimum atomic E-state index is -0.0499. The summed E-state index contributed by atoms with van der Waals surface area (Å²) in [5.74, 6) is 1.91. The van der Waals surface area contributed by atoms with Gasteiger partial charge in [0.05, 0.1) is 25.8 Å². The molecule has 1 N–H and O–H groups in total. The van der Waals surface area contributed by atoms with Crippen LogP contribution in [0.15, 0.2) is 29.6 Å². The average Bonchev–Trinajstić information content (AvgIpc) is 3.01. The minimum Gasteiger partial charge on any atom is -0.490 e. The molecule has 0 saturated carbocycles. The lowest BCUT2D eigenvalue weighted by molar-refractivity contribution is -0.123. The largest absolute Gasteiger partial charge is 0.490 e. The zero-order chi connectivity index (χ0) is 19.5. The van der Waals surface area contributed by atoms with Crippen LogP contribution in [0.2, 0.25) is 0 Å². The van der Waals surface area contributed by atoms with Gasteiger partial charge in [0.25, 0.3) is 0 Å². The van der Waals surface area contributed by atoms with Gasteiger partial charge >= 0.3 is 0 Å². The van der Waals surface area contributed by atoms with Crippen molar-refractivity contribution in [1.29, 1.82) is 0 Å². The van der Waals surface area contributed by atoms with Crippen molar-refractivity contribution in [1.82, 2.24) is 10.2 Å². The Labute approximate surface area is 170 Å². The molecule has 0 saturated heterocycles. The Kier molecular flexibility index (Phi) is 5.87. The fourth-order valence-electron chi connectivity index (χ4n) is 3.87. The molecule has 2 aromatic rings. The third kappa shape index (κ3) is 4.33. The van der Waals surface area contributed by atoms with E-state index in [4.69, 9.17) is 9.47 Å². The molecule has 5 nitrogen and oxygen atoms in total. The zero-order valence-corrected chi connectivity index (χ0v) is 17.4. The highest BCUT2D eigenvalue weighted by Gasteiger charge is 2.24. The monoisotopic (exact) mass is 400 g/mol. The molecule has 0 aliphatic carbocycles. The van der Waals surface area contributed by atoms with Gasteiger partial charge in [-0.2, -0.15) is 0 Å². The summed E-state index contributed by atoms with van der Waals surface area (Å²) in [6.45, 7) is 7.84. The predicted molar refractivity (Wildman–Crippen MR) is 111 cm³/mol. The zero-order valence-electron chi connectivity index (χ0n) is 16.6. The van der Waals surface area contributed by atoms with Gasteiger partial charge in [0.1, 0.15) is 0 Å². The number of nitrogens with zero attached hydrogens (tertiary/aromatic N) is 1. The first kappa shape index (κ1) is 19.3. The van der Waals surface area contributed by atoms with Gasteiger partial charge in [-0.25, -0.2) is 0 Å². The number of carbonyl (C=O) groups is 1. The van der Waals surface area contributed by atoms with Crippen molar-refractivity contribution in [3.63, 3.8) is 0 Å². The first-order valence-corrected chi connectivity index (χ1v) is 10.9. The standard InChI is InChI=1S/C22H28N2O3S/c1-15(2)22(16-4-5-18-19(12-16)27-10-3-9-26-18)23-21(25)14-24-8-6-20-17(13-24)7-11-28-20/h4-5,7,11-12,15,22H,3,6,8-10,13-14H2,1-2H3,(H,23,25). The number of hydrogen-bond acceptors (Lipinski definition) is 5. The molecule has 1 unspecified atom stereocenters. The maximum Gasteiger partial charge on any atom is 0.234 e. The predicted octanol–water partition coefficient (Wildman–Crippen LogP) is 3.78. The van der Waals surface area contributed by atoms with E-state index in [0.717, 1.165) is 43.0 Å². The van der Waals surface area contributed by atoms with Crippen LogP contribution in [0, 0.1) is 5.92 Å². The van der Waals surface area contributed by atoms with E-state index in [1.54, 1.807) is 0 Å². The van der Waals surface area contributed by atoms with Gasteiger partial charge in [-0.15, -0.1) is 11.3 Å². The summed E-state index contributed by atoms with van der Waals surface area (Å²) in [6.07, 6.45) is 1.92. The van der Waals surface area contributed by atoms with Gasteiger partial charge in [0.15, 0.2) is 11.5 Å². The Morgan fingerprint density at radius 2 is 2.04 bits per heavy atom. The molecule has 0 radical (unpaired) electrons. The Morgan fingerprint density at radius 1 is 1.21 bits per heavy atom. The molecule has 0 fully saturated rings. The summed E-state index contributed by atoms with van der Waals surface area (Å²) in [5.41, 5.74) is 2.43. The molecule has 2 aliphatic heterocycles. The maximum absolute atomic E-state index is 12.8. The molecular weight excluding hydrogens is 372 g/mol. The summed E-state index contributed by atoms with van der Waals surface area (Å²) < 4.78 is 11.6. The number of rotatable bonds is 5. The van der Waals surface area contributed by atoms with Crippen LogP contribution in [0.3, 0.4) is 0 Å². The molecule has 0 spiro atoms. The number of nitrogens with one attached hydrogen (secondary N) is 1. The summed E-state index contributed by atoms with van der Waals surface area (Å²) in [7, 11) is 0. The molecule has 4 rings (SSSR count). The van der Waals surface area contributed by atoms with Gasteiger partial charge < -0.3 is 14.8 Å². The van der Waals surface area contributed by atoms with E-state index in [2.05, 4.69) is 35.5 Å². The number of amides is 1. The van der Waals surface area contributed by atoms with E-state index in [1.807, 2.05) is 29.5 Å². The topological polar surface area (TPSA) is 50.8 Å². The van der Waals surface area contributed by atoms with Crippen LogP contribution in [0.1, 0.15) is 42.3 Å². The first-order valence-electron chi connectivity index (χ1n) is 10.1. The SMILES string of the molecule is CC(C)C(NC(=O)CN1CCc2sccc2C1)c1ccc2c(c1)OCCCO2. The lowest BCUT2D eigenvalue weighted by Crippen LogP contribution is -2.41. The molecule has 3 heterocycles. The Morgan fingerprint density at radius 3 is 2.86 bits per heavy atom. The van der Waals surface area contributed by atoms with Crippen molar-refractivity contribution >= 4 is 17.2 Å². The van der Waals surface area contributed by atoms with Gasteiger partial charge in [-0.3, -0.25) is 9.69 Å². The van der Waals surface area contributed by atoms with Crippen LogP contribution in [0.25, 0.3) is 0 Å². The van der Waals surface area contributed by atoms with Crippen LogP contribution in [-0.2, 0) is 17.8 Å². The number of benzene rings is 1. The van der Waals surface area contributed by atoms with E-state index in [9.17, 15) is 4.79 Å². The fourth-order valence-corrected chi connectivity index (χ4v) is 4.76. The summed E-state index contributed by atoms with van der Waals surface area (Å²) in [4.78, 5) is 16.5. The highest BCUT2D eigenvalue weighted by Crippen LogP contribution is 2.34. The lowest BCUT2D eigenvalue weighted by Gasteiger charge is -2.28. The smallest absolute Gasteiger partial charge is 0.234 e. The summed E-state index contributed by atoms with van der Waals surface area (Å²) in [6, 6.07) is 8.14. The van der Waals surface area contributed by atoms with Crippen LogP contribution >= 0.6 is 11.3 Å². The number of thiophene rings is 1. The molecule has 1 amide bonds. The third-order valence-electron chi connectivity index (χ3n) is 5.37. The minimum absolute atomic E-state index is 0.0499. The second kappa shape index (κ2) is 8.53. The summed E-state index contributed by atoms with van der Waals surface area (Å²) >= 11 is 1.82. The highest BCUT2D eigenvalue weighted by molar-refractivity contribution is 7.10. The van der Waals surface area contributed by atoms with Crippen molar-refractivity contribution in [2.24, 2.45) is 5.92 Å². The molecule has 150 valence electrons. The van der Waals surface area contributed by atoms with E-state index in [1.165, 1.54) is 10.4 Å². The highest BCUT2D eigenvalue weighted by atomic mass is 32.1. The second-order valence-corrected chi connectivity index (χ2v) is 8.88. The molecule has 28 heavy (non-hydrogen) atoms. The number of fused-ring (bicyclic) bond motifs is 2. The van der Waals surface area contributed by atoms with Crippen LogP contribution < -0.4 is 14.8 Å². The number of hydrogen-bond donors (Lipinski definition) is 1. The van der Waals surface area contributed by atoms with E-state index >= 15 is 0 Å². The molecule has 1 atom stereocenters. The Balaban J connectivity index is 1.42. The van der Waals surface area contributed by atoms with Crippen molar-refractivity contribution in [3.05, 3.63) is 45.6 Å². The van der Waals surface area contributed by atoms with Crippen LogP contribution in [-0.4, -0.2) is 37.1 Å². The number of carbonyl (C=O) groups excluding carboxylic acids is 1. The number of ether oxygens (including phenoxy) is 2. The lowest BCUT2D eigenvalue weighted by atomic mass is 9.95. The van der Waals surface area contributed by atoms with Crippen LogP contribution in [0.5, 0.6) is 11.5 Å². The molecule has 0 bridgehead atoms. The van der Waals surface area contributed by atoms with Crippen LogP contribution in [0.4, 0.5) is 0 Å². The maximum atomic E-state index is 12.8. The van der Waals surface area contributed by atoms with E-state index in [0.29, 0.717) is 19.8 Å². The summed E-state index contributed by atoms with van der Waals surface area (Å²) in [5, 5.41) is 5.39. The molecule has 1 aromatic carbocycles. The Hall–Kier alpha value is -2.05. The first-order chi connectivity index (χ1) is 13.6. The van der Waals surface area contributed by atoms with Crippen molar-refractivity contribution in [3.8, 4) is 11.5 Å². The average molecular weight is 401 g/mol. The van der Waals surface area contributed by atoms with Crippen molar-refractivity contribution < 1.29 is 14.3 Å². The van der Waals surface area contributed by atoms with Gasteiger partial charge in [0.2, 0.25) is 5.91 Å². The van der Waals surface area contributed by atoms with Gasteiger partial charge in [-0.05, 0) is 47.0 Å². The van der Waals surface area contributed by atoms with Crippen molar-refractivity contribution in [2.45, 2.75) is 39.3 Å². The van der Waals surface area contributed by atoms with Gasteiger partial charge in [-0.1, -0.05) is 19.9 Å². The van der Waals surface area contributed by atoms with Gasteiger partial charge in [0, 0.05) is 24.4 Å². The van der Waals surface area contributed by atoms with E-state index in [-0.39, 0.29) is 17.9 Å². The quantitative estimate of drug-likeness (QED) is 0.830. The van der Waals surface area contributed by atoms with E-state index < -0.39 is 0 Å². The molecule has 1 aromatic heterocycles. The third-order valence-corrected chi connectivity index (χ3v) is 6.39. The molecular formula is C22H28N2O3S. The molecule has 6 heteroatoms. The Bertz CT molecular complexity index is 833. The normalized spacial score (nSPS) is 17.7. The molecule has 2 aliphatic rings. The fraction of sp³-hybridized carbons (Fsp3) is 0.500. The second-order valence-electron chi connectivity index (χ2n) is 7.88.